The Labute approximate surface area is 114 Å². The molecule has 106 valence electrons. The second kappa shape index (κ2) is 6.19. The Morgan fingerprint density at radius 2 is 2.37 bits per heavy atom. The summed E-state index contributed by atoms with van der Waals surface area (Å²) in [4.78, 5) is 13.9. The summed E-state index contributed by atoms with van der Waals surface area (Å²) >= 11 is 0. The molecule has 0 saturated carbocycles. The van der Waals surface area contributed by atoms with E-state index in [0.29, 0.717) is 18.9 Å². The van der Waals surface area contributed by atoms with Gasteiger partial charge < -0.3 is 9.64 Å². The number of aromatic nitrogens is 2. The summed E-state index contributed by atoms with van der Waals surface area (Å²) in [5.41, 5.74) is 2.16. The Balaban J connectivity index is 1.78. The largest absolute Gasteiger partial charge is 0.381 e. The van der Waals surface area contributed by atoms with E-state index in [1.54, 1.807) is 4.90 Å². The van der Waals surface area contributed by atoms with Crippen molar-refractivity contribution in [3.8, 4) is 0 Å². The second-order valence-corrected chi connectivity index (χ2v) is 5.40. The minimum Gasteiger partial charge on any atom is -0.381 e. The molecule has 1 fully saturated rings. The number of hydrogen-bond donors (Lipinski definition) is 0. The molecule has 0 N–H and O–H groups in total. The molecule has 1 aromatic rings. The lowest BCUT2D eigenvalue weighted by Gasteiger charge is -2.19. The van der Waals surface area contributed by atoms with Crippen LogP contribution in [0.3, 0.4) is 0 Å². The van der Waals surface area contributed by atoms with Crippen molar-refractivity contribution in [2.75, 3.05) is 26.8 Å². The lowest BCUT2D eigenvalue weighted by atomic mass is 10.0. The summed E-state index contributed by atoms with van der Waals surface area (Å²) in [7, 11) is 1.86. The van der Waals surface area contributed by atoms with E-state index >= 15 is 0 Å². The molecule has 5 heteroatoms. The Morgan fingerprint density at radius 1 is 1.58 bits per heavy atom. The first-order valence-electron chi connectivity index (χ1n) is 6.89. The van der Waals surface area contributed by atoms with Gasteiger partial charge in [0.05, 0.1) is 12.2 Å². The fraction of sp³-hybridized carbons (Fsp3) is 0.714. The molecule has 0 spiro atoms. The SMILES string of the molecule is Cc1cc(C)n(CCN(C)C(=O)C[C@H]2CCOC2)n1. The number of likely N-dealkylation sites (N-methyl/N-ethyl adjacent to an activating group) is 1. The predicted octanol–water partition coefficient (Wildman–Crippen LogP) is 1.38. The molecular formula is C14H23N3O2. The monoisotopic (exact) mass is 265 g/mol. The Morgan fingerprint density at radius 3 is 2.95 bits per heavy atom. The molecule has 2 rings (SSSR count). The summed E-state index contributed by atoms with van der Waals surface area (Å²) in [6, 6.07) is 2.05. The fourth-order valence-corrected chi connectivity index (χ4v) is 2.42. The molecule has 1 amide bonds. The first kappa shape index (κ1) is 14.1. The van der Waals surface area contributed by atoms with E-state index in [0.717, 1.165) is 37.6 Å². The zero-order chi connectivity index (χ0) is 13.8. The number of nitrogens with zero attached hydrogens (tertiary/aromatic N) is 3. The molecule has 5 nitrogen and oxygen atoms in total. The molecule has 0 unspecified atom stereocenters. The van der Waals surface area contributed by atoms with Gasteiger partial charge in [0.2, 0.25) is 5.91 Å². The maximum absolute atomic E-state index is 12.1. The molecular weight excluding hydrogens is 242 g/mol. The molecule has 19 heavy (non-hydrogen) atoms. The van der Waals surface area contributed by atoms with Crippen LogP contribution in [0.2, 0.25) is 0 Å². The van der Waals surface area contributed by atoms with Crippen LogP contribution in [0.25, 0.3) is 0 Å². The first-order valence-corrected chi connectivity index (χ1v) is 6.89. The van der Waals surface area contributed by atoms with E-state index in [1.165, 1.54) is 0 Å². The maximum atomic E-state index is 12.1. The highest BCUT2D eigenvalue weighted by Gasteiger charge is 2.21. The molecule has 1 atom stereocenters. The van der Waals surface area contributed by atoms with Gasteiger partial charge in [-0.3, -0.25) is 9.48 Å². The highest BCUT2D eigenvalue weighted by Crippen LogP contribution is 2.17. The van der Waals surface area contributed by atoms with Crippen molar-refractivity contribution >= 4 is 5.91 Å². The van der Waals surface area contributed by atoms with Gasteiger partial charge in [-0.15, -0.1) is 0 Å². The number of ether oxygens (including phenoxy) is 1. The van der Waals surface area contributed by atoms with Crippen LogP contribution in [0.1, 0.15) is 24.2 Å². The van der Waals surface area contributed by atoms with Gasteiger partial charge in [-0.1, -0.05) is 0 Å². The Hall–Kier alpha value is -1.36. The summed E-state index contributed by atoms with van der Waals surface area (Å²) in [6.07, 6.45) is 1.62. The maximum Gasteiger partial charge on any atom is 0.222 e. The average molecular weight is 265 g/mol. The van der Waals surface area contributed by atoms with E-state index in [1.807, 2.05) is 25.6 Å². The Kier molecular flexibility index (Phi) is 4.58. The Bertz CT molecular complexity index is 436. The van der Waals surface area contributed by atoms with Crippen LogP contribution in [0.4, 0.5) is 0 Å². The zero-order valence-electron chi connectivity index (χ0n) is 12.1. The molecule has 1 aliphatic heterocycles. The molecule has 0 bridgehead atoms. The van der Waals surface area contributed by atoms with Crippen molar-refractivity contribution in [2.45, 2.75) is 33.2 Å². The molecule has 1 aliphatic rings. The third kappa shape index (κ3) is 3.80. The minimum atomic E-state index is 0.206. The van der Waals surface area contributed by atoms with Crippen molar-refractivity contribution < 1.29 is 9.53 Å². The zero-order valence-corrected chi connectivity index (χ0v) is 12.1. The molecule has 0 radical (unpaired) electrons. The number of amides is 1. The van der Waals surface area contributed by atoms with Crippen LogP contribution in [0.15, 0.2) is 6.07 Å². The summed E-state index contributed by atoms with van der Waals surface area (Å²) in [6.45, 7) is 7.01. The highest BCUT2D eigenvalue weighted by molar-refractivity contribution is 5.76. The van der Waals surface area contributed by atoms with Crippen LogP contribution >= 0.6 is 0 Å². The van der Waals surface area contributed by atoms with Crippen LogP contribution < -0.4 is 0 Å². The molecule has 1 saturated heterocycles. The smallest absolute Gasteiger partial charge is 0.222 e. The topological polar surface area (TPSA) is 47.4 Å². The van der Waals surface area contributed by atoms with Crippen molar-refractivity contribution in [3.05, 3.63) is 17.5 Å². The standard InChI is InChI=1S/C14H23N3O2/c1-11-8-12(2)17(15-11)6-5-16(3)14(18)9-13-4-7-19-10-13/h8,13H,4-7,9-10H2,1-3H3/t13-/m1/s1. The van der Waals surface area contributed by atoms with Gasteiger partial charge in [0.1, 0.15) is 0 Å². The van der Waals surface area contributed by atoms with E-state index in [-0.39, 0.29) is 5.91 Å². The third-order valence-corrected chi connectivity index (χ3v) is 3.66. The first-order chi connectivity index (χ1) is 9.06. The highest BCUT2D eigenvalue weighted by atomic mass is 16.5. The fourth-order valence-electron chi connectivity index (χ4n) is 2.42. The van der Waals surface area contributed by atoms with Crippen molar-refractivity contribution in [1.82, 2.24) is 14.7 Å². The number of carbonyl (C=O) groups is 1. The summed E-state index contributed by atoms with van der Waals surface area (Å²) in [5, 5.41) is 4.40. The van der Waals surface area contributed by atoms with E-state index in [2.05, 4.69) is 11.2 Å². The minimum absolute atomic E-state index is 0.206. The third-order valence-electron chi connectivity index (χ3n) is 3.66. The molecule has 2 heterocycles. The number of carbonyl (C=O) groups excluding carboxylic acids is 1. The van der Waals surface area contributed by atoms with E-state index in [4.69, 9.17) is 4.74 Å². The number of hydrogen-bond acceptors (Lipinski definition) is 3. The average Bonchev–Trinajstić information content (AvgIpc) is 2.96. The van der Waals surface area contributed by atoms with Gasteiger partial charge in [0.25, 0.3) is 0 Å². The number of rotatable bonds is 5. The number of aryl methyl sites for hydroxylation is 2. The lowest BCUT2D eigenvalue weighted by Crippen LogP contribution is -2.31. The van der Waals surface area contributed by atoms with Gasteiger partial charge in [0, 0.05) is 38.9 Å². The van der Waals surface area contributed by atoms with Gasteiger partial charge in [-0.05, 0) is 32.3 Å². The molecule has 0 aliphatic carbocycles. The van der Waals surface area contributed by atoms with E-state index in [9.17, 15) is 4.79 Å². The van der Waals surface area contributed by atoms with Gasteiger partial charge in [-0.25, -0.2) is 0 Å². The van der Waals surface area contributed by atoms with Gasteiger partial charge in [-0.2, -0.15) is 5.10 Å². The second-order valence-electron chi connectivity index (χ2n) is 5.40. The van der Waals surface area contributed by atoms with Crippen LogP contribution in [0, 0.1) is 19.8 Å². The molecule has 0 aromatic carbocycles. The van der Waals surface area contributed by atoms with Crippen molar-refractivity contribution in [3.63, 3.8) is 0 Å². The van der Waals surface area contributed by atoms with Crippen molar-refractivity contribution in [2.24, 2.45) is 5.92 Å². The summed E-state index contributed by atoms with van der Waals surface area (Å²) in [5.74, 6) is 0.612. The quantitative estimate of drug-likeness (QED) is 0.808. The van der Waals surface area contributed by atoms with Crippen LogP contribution in [0.5, 0.6) is 0 Å². The predicted molar refractivity (Wildman–Crippen MR) is 72.9 cm³/mol. The van der Waals surface area contributed by atoms with Crippen molar-refractivity contribution in [1.29, 1.82) is 0 Å². The van der Waals surface area contributed by atoms with E-state index < -0.39 is 0 Å². The van der Waals surface area contributed by atoms with Crippen LogP contribution in [-0.4, -0.2) is 47.4 Å². The van der Waals surface area contributed by atoms with Crippen LogP contribution in [-0.2, 0) is 16.1 Å². The normalized spacial score (nSPS) is 18.8. The summed E-state index contributed by atoms with van der Waals surface area (Å²) < 4.78 is 7.26. The molecule has 1 aromatic heterocycles. The lowest BCUT2D eigenvalue weighted by molar-refractivity contribution is -0.131. The van der Waals surface area contributed by atoms with Gasteiger partial charge in [0.15, 0.2) is 0 Å². The van der Waals surface area contributed by atoms with Gasteiger partial charge >= 0.3 is 0 Å².